The molecule has 2 aromatic carbocycles. The lowest BCUT2D eigenvalue weighted by Gasteiger charge is -2.25. The van der Waals surface area contributed by atoms with Gasteiger partial charge in [-0.25, -0.2) is 0 Å². The van der Waals surface area contributed by atoms with E-state index in [4.69, 9.17) is 14.2 Å². The van der Waals surface area contributed by atoms with E-state index in [0.717, 1.165) is 21.2 Å². The second-order valence-corrected chi connectivity index (χ2v) is 11.1. The highest BCUT2D eigenvalue weighted by Crippen LogP contribution is 2.44. The third kappa shape index (κ3) is 7.65. The summed E-state index contributed by atoms with van der Waals surface area (Å²) in [6, 6.07) is 11.7. The summed E-state index contributed by atoms with van der Waals surface area (Å²) in [6.07, 6.45) is 0.565. The normalized spacial score (nSPS) is 19.2. The van der Waals surface area contributed by atoms with E-state index in [1.165, 1.54) is 7.11 Å². The van der Waals surface area contributed by atoms with E-state index < -0.39 is 30.2 Å². The maximum atomic E-state index is 13.0. The number of benzene rings is 2. The first-order valence-electron chi connectivity index (χ1n) is 13.1. The molecule has 2 aromatic rings. The Morgan fingerprint density at radius 1 is 1.05 bits per heavy atom. The van der Waals surface area contributed by atoms with E-state index in [1.54, 1.807) is 18.7 Å². The minimum Gasteiger partial charge on any atom is -0.484 e. The number of fused-ring (bicyclic) bond motifs is 2. The van der Waals surface area contributed by atoms with Crippen molar-refractivity contribution >= 4 is 40.9 Å². The molecule has 10 nitrogen and oxygen atoms in total. The van der Waals surface area contributed by atoms with Crippen molar-refractivity contribution in [3.63, 3.8) is 0 Å². The van der Waals surface area contributed by atoms with Crippen molar-refractivity contribution in [1.82, 2.24) is 16.0 Å². The van der Waals surface area contributed by atoms with Crippen molar-refractivity contribution in [2.75, 3.05) is 25.6 Å². The summed E-state index contributed by atoms with van der Waals surface area (Å²) in [6.45, 7) is 5.75. The van der Waals surface area contributed by atoms with Gasteiger partial charge >= 0.3 is 0 Å². The van der Waals surface area contributed by atoms with E-state index >= 15 is 0 Å². The van der Waals surface area contributed by atoms with Crippen molar-refractivity contribution in [3.05, 3.63) is 42.5 Å². The number of para-hydroxylation sites is 1. The Bertz CT molecular complexity index is 1190. The van der Waals surface area contributed by atoms with Crippen molar-refractivity contribution in [2.45, 2.75) is 67.8 Å². The maximum Gasteiger partial charge on any atom is 0.258 e. The summed E-state index contributed by atoms with van der Waals surface area (Å²) >= 11 is 1.66. The molecule has 0 spiro atoms. The molecule has 1 unspecified atom stereocenters. The number of rotatable bonds is 11. The smallest absolute Gasteiger partial charge is 0.258 e. The number of ether oxygens (including phenoxy) is 3. The quantitative estimate of drug-likeness (QED) is 0.284. The lowest BCUT2D eigenvalue weighted by atomic mass is 10.0. The van der Waals surface area contributed by atoms with Gasteiger partial charge in [-0.2, -0.15) is 0 Å². The maximum absolute atomic E-state index is 13.0. The van der Waals surface area contributed by atoms with Crippen molar-refractivity contribution in [2.24, 2.45) is 5.92 Å². The Kier molecular flexibility index (Phi) is 9.71. The lowest BCUT2D eigenvalue weighted by molar-refractivity contribution is -0.135. The van der Waals surface area contributed by atoms with E-state index in [0.29, 0.717) is 25.2 Å². The van der Waals surface area contributed by atoms with Crippen LogP contribution < -0.4 is 26.0 Å². The van der Waals surface area contributed by atoms with Crippen LogP contribution in [0, 0.1) is 5.92 Å². The number of anilines is 2. The monoisotopic (exact) mass is 556 g/mol. The second-order valence-electron chi connectivity index (χ2n) is 10.0. The van der Waals surface area contributed by atoms with E-state index in [2.05, 4.69) is 27.3 Å². The SMILES string of the molecule is COC1OCC[C@@H]1NC(=O)[C@H](CC(C)C)NC(=O)[C@H](C)NC(=O)COc1ccc2c(c1)Nc1ccccc1S2. The van der Waals surface area contributed by atoms with Crippen molar-refractivity contribution < 1.29 is 28.6 Å². The molecule has 2 aliphatic rings. The van der Waals surface area contributed by atoms with Gasteiger partial charge in [-0.1, -0.05) is 37.7 Å². The van der Waals surface area contributed by atoms with Crippen LogP contribution in [0.5, 0.6) is 5.75 Å². The largest absolute Gasteiger partial charge is 0.484 e. The van der Waals surface area contributed by atoms with Crippen LogP contribution in [0.2, 0.25) is 0 Å². The molecular weight excluding hydrogens is 520 g/mol. The Balaban J connectivity index is 1.27. The zero-order chi connectivity index (χ0) is 27.9. The molecule has 0 saturated carbocycles. The molecule has 11 heteroatoms. The first kappa shape index (κ1) is 28.7. The summed E-state index contributed by atoms with van der Waals surface area (Å²) in [7, 11) is 1.53. The van der Waals surface area contributed by atoms with Gasteiger partial charge in [-0.05, 0) is 49.9 Å². The van der Waals surface area contributed by atoms with Crippen LogP contribution in [-0.2, 0) is 23.9 Å². The van der Waals surface area contributed by atoms with Crippen LogP contribution in [0.3, 0.4) is 0 Å². The molecule has 1 saturated heterocycles. The molecule has 4 atom stereocenters. The molecule has 210 valence electrons. The van der Waals surface area contributed by atoms with Crippen LogP contribution in [0.1, 0.15) is 33.6 Å². The molecule has 0 aliphatic carbocycles. The Hall–Kier alpha value is -3.28. The van der Waals surface area contributed by atoms with Crippen molar-refractivity contribution in [1.29, 1.82) is 0 Å². The molecule has 39 heavy (non-hydrogen) atoms. The topological polar surface area (TPSA) is 127 Å². The fourth-order valence-corrected chi connectivity index (χ4v) is 5.39. The molecule has 3 amide bonds. The van der Waals surface area contributed by atoms with E-state index in [9.17, 15) is 14.4 Å². The third-order valence-corrected chi connectivity index (χ3v) is 7.56. The van der Waals surface area contributed by atoms with Crippen LogP contribution in [0.25, 0.3) is 0 Å². The van der Waals surface area contributed by atoms with Gasteiger partial charge in [0.25, 0.3) is 5.91 Å². The predicted molar refractivity (Wildman–Crippen MR) is 148 cm³/mol. The Labute approximate surface area is 232 Å². The lowest BCUT2D eigenvalue weighted by Crippen LogP contribution is -2.55. The van der Waals surface area contributed by atoms with Crippen LogP contribution in [0.4, 0.5) is 11.4 Å². The fourth-order valence-electron chi connectivity index (χ4n) is 4.42. The molecule has 4 N–H and O–H groups in total. The number of hydrogen-bond acceptors (Lipinski definition) is 8. The summed E-state index contributed by atoms with van der Waals surface area (Å²) in [4.78, 5) is 40.6. The first-order valence-corrected chi connectivity index (χ1v) is 13.9. The summed E-state index contributed by atoms with van der Waals surface area (Å²) in [5.41, 5.74) is 1.92. The molecule has 2 heterocycles. The standard InChI is InChI=1S/C28H36N4O6S/c1-16(2)13-22(27(35)31-20-11-12-37-28(20)36-4)32-26(34)17(3)29-25(33)15-38-18-9-10-24-21(14-18)30-19-7-5-6-8-23(19)39-24/h5-10,14,16-17,20,22,28,30H,11-13,15H2,1-4H3,(H,29,33)(H,31,35)(H,32,34)/t17-,20-,22-,28?/m0/s1. The van der Waals surface area contributed by atoms with Gasteiger partial charge in [-0.15, -0.1) is 0 Å². The first-order chi connectivity index (χ1) is 18.7. The number of hydrogen-bond donors (Lipinski definition) is 4. The van der Waals surface area contributed by atoms with Gasteiger partial charge < -0.3 is 35.5 Å². The van der Waals surface area contributed by atoms with Gasteiger partial charge in [0.2, 0.25) is 11.8 Å². The number of carbonyl (C=O) groups excluding carboxylic acids is 3. The van der Waals surface area contributed by atoms with E-state index in [1.807, 2.05) is 50.2 Å². The summed E-state index contributed by atoms with van der Waals surface area (Å²) in [5.74, 6) is -0.510. The molecule has 2 aliphatic heterocycles. The third-order valence-electron chi connectivity index (χ3n) is 6.41. The minimum absolute atomic E-state index is 0.162. The second kappa shape index (κ2) is 13.2. The van der Waals surface area contributed by atoms with Gasteiger partial charge in [-0.3, -0.25) is 14.4 Å². The summed E-state index contributed by atoms with van der Waals surface area (Å²) in [5, 5.41) is 11.7. The predicted octanol–water partition coefficient (Wildman–Crippen LogP) is 3.19. The number of methoxy groups -OCH3 is 1. The zero-order valence-corrected chi connectivity index (χ0v) is 23.4. The highest BCUT2D eigenvalue weighted by atomic mass is 32.2. The molecule has 1 fully saturated rings. The minimum atomic E-state index is -0.858. The number of carbonyl (C=O) groups is 3. The average Bonchev–Trinajstić information content (AvgIpc) is 3.36. The zero-order valence-electron chi connectivity index (χ0n) is 22.6. The molecule has 0 aromatic heterocycles. The number of nitrogens with one attached hydrogen (secondary N) is 4. The number of amides is 3. The highest BCUT2D eigenvalue weighted by molar-refractivity contribution is 7.99. The van der Waals surface area contributed by atoms with Crippen LogP contribution in [0.15, 0.2) is 52.3 Å². The fraction of sp³-hybridized carbons (Fsp3) is 0.464. The van der Waals surface area contributed by atoms with Gasteiger partial charge in [0.15, 0.2) is 12.9 Å². The van der Waals surface area contributed by atoms with Crippen LogP contribution >= 0.6 is 11.8 Å². The molecule has 0 radical (unpaired) electrons. The van der Waals surface area contributed by atoms with Crippen molar-refractivity contribution in [3.8, 4) is 5.75 Å². The van der Waals surface area contributed by atoms with Crippen LogP contribution in [-0.4, -0.2) is 62.5 Å². The summed E-state index contributed by atoms with van der Waals surface area (Å²) < 4.78 is 16.4. The van der Waals surface area contributed by atoms with Gasteiger partial charge in [0.1, 0.15) is 17.8 Å². The molecular formula is C28H36N4O6S. The van der Waals surface area contributed by atoms with Gasteiger partial charge in [0, 0.05) is 23.0 Å². The van der Waals surface area contributed by atoms with E-state index in [-0.39, 0.29) is 24.5 Å². The Morgan fingerprint density at radius 2 is 1.82 bits per heavy atom. The van der Waals surface area contributed by atoms with Gasteiger partial charge in [0.05, 0.1) is 24.0 Å². The molecule has 0 bridgehead atoms. The molecule has 4 rings (SSSR count). The Morgan fingerprint density at radius 3 is 2.59 bits per heavy atom. The average molecular weight is 557 g/mol. The highest BCUT2D eigenvalue weighted by Gasteiger charge is 2.33.